The highest BCUT2D eigenvalue weighted by molar-refractivity contribution is 5.85. The minimum Gasteiger partial charge on any atom is -1.00 e. The summed E-state index contributed by atoms with van der Waals surface area (Å²) in [6.07, 6.45) is 5.20. The van der Waals surface area contributed by atoms with Crippen LogP contribution in [0.25, 0.3) is 0 Å². The van der Waals surface area contributed by atoms with Crippen LogP contribution in [0.5, 0.6) is 0 Å². The van der Waals surface area contributed by atoms with Crippen molar-refractivity contribution in [3.8, 4) is 0 Å². The summed E-state index contributed by atoms with van der Waals surface area (Å²) in [6, 6.07) is 0. The van der Waals surface area contributed by atoms with Gasteiger partial charge in [0, 0.05) is 6.92 Å². The number of nitrogens with two attached hydrogens (primary N) is 1. The van der Waals surface area contributed by atoms with Crippen molar-refractivity contribution in [2.75, 3.05) is 6.54 Å². The summed E-state index contributed by atoms with van der Waals surface area (Å²) in [4.78, 5) is 0. The Hall–Kier alpha value is -0.250. The van der Waals surface area contributed by atoms with E-state index in [4.69, 9.17) is 5.73 Å². The van der Waals surface area contributed by atoms with E-state index in [9.17, 15) is 0 Å². The predicted molar refractivity (Wildman–Crippen MR) is 51.3 cm³/mol. The molecular formula is C8H17Cl2N3. The van der Waals surface area contributed by atoms with Crippen LogP contribution in [0.1, 0.15) is 12.2 Å². The molecule has 0 unspecified atom stereocenters. The molecule has 5 heteroatoms. The minimum atomic E-state index is 0. The molecule has 0 radical (unpaired) electrons. The van der Waals surface area contributed by atoms with Gasteiger partial charge < -0.3 is 18.1 Å². The maximum Gasteiger partial charge on any atom is 0.253 e. The molecule has 0 fully saturated rings. The van der Waals surface area contributed by atoms with E-state index in [-0.39, 0.29) is 24.8 Å². The highest BCUT2D eigenvalue weighted by atomic mass is 35.5. The van der Waals surface area contributed by atoms with Crippen LogP contribution in [0.4, 0.5) is 0 Å². The molecular weight excluding hydrogens is 209 g/mol. The second kappa shape index (κ2) is 7.18. The van der Waals surface area contributed by atoms with Gasteiger partial charge >= 0.3 is 0 Å². The first kappa shape index (κ1) is 15.2. The van der Waals surface area contributed by atoms with E-state index in [0.717, 1.165) is 19.5 Å². The quantitative estimate of drug-likeness (QED) is 0.563. The van der Waals surface area contributed by atoms with Crippen molar-refractivity contribution >= 4 is 12.4 Å². The third-order valence-electron chi connectivity index (χ3n) is 2.00. The molecule has 0 atom stereocenters. The Kier molecular flexibility index (Phi) is 8.42. The lowest BCUT2D eigenvalue weighted by Crippen LogP contribution is -3.00. The largest absolute Gasteiger partial charge is 1.00 e. The number of halogens is 2. The zero-order valence-electron chi connectivity index (χ0n) is 8.03. The van der Waals surface area contributed by atoms with Crippen LogP contribution in [0, 0.1) is 6.92 Å². The van der Waals surface area contributed by atoms with Gasteiger partial charge in [-0.05, 0) is 13.0 Å². The molecule has 1 aromatic heterocycles. The molecule has 3 nitrogen and oxygen atoms in total. The molecule has 1 heterocycles. The van der Waals surface area contributed by atoms with E-state index in [1.165, 1.54) is 5.82 Å². The summed E-state index contributed by atoms with van der Waals surface area (Å²) in [5, 5.41) is 0. The summed E-state index contributed by atoms with van der Waals surface area (Å²) < 4.78 is 4.32. The van der Waals surface area contributed by atoms with Crippen molar-refractivity contribution in [2.45, 2.75) is 19.9 Å². The third kappa shape index (κ3) is 3.98. The second-order valence-corrected chi connectivity index (χ2v) is 2.79. The number of nitrogens with zero attached hydrogens (tertiary/aromatic N) is 2. The number of aromatic nitrogens is 2. The number of hydrogen-bond acceptors (Lipinski definition) is 1. The van der Waals surface area contributed by atoms with E-state index in [2.05, 4.69) is 28.5 Å². The Morgan fingerprint density at radius 2 is 2.15 bits per heavy atom. The molecule has 0 spiro atoms. The molecule has 13 heavy (non-hydrogen) atoms. The fourth-order valence-corrected chi connectivity index (χ4v) is 1.10. The molecule has 0 saturated heterocycles. The lowest BCUT2D eigenvalue weighted by Gasteiger charge is -1.95. The smallest absolute Gasteiger partial charge is 0.253 e. The summed E-state index contributed by atoms with van der Waals surface area (Å²) in [5.41, 5.74) is 5.41. The highest BCUT2D eigenvalue weighted by Crippen LogP contribution is 1.93. The van der Waals surface area contributed by atoms with Gasteiger partial charge in [0.1, 0.15) is 12.4 Å². The maximum atomic E-state index is 5.41. The number of rotatable bonds is 3. The van der Waals surface area contributed by atoms with Crippen LogP contribution in [-0.2, 0) is 13.6 Å². The van der Waals surface area contributed by atoms with Gasteiger partial charge in [-0.1, -0.05) is 0 Å². The van der Waals surface area contributed by atoms with Gasteiger partial charge in [-0.3, -0.25) is 0 Å². The van der Waals surface area contributed by atoms with Gasteiger partial charge in [-0.2, -0.15) is 0 Å². The monoisotopic (exact) mass is 225 g/mol. The van der Waals surface area contributed by atoms with Gasteiger partial charge in [0.25, 0.3) is 5.82 Å². The SMILES string of the molecule is Cc1n(CCCN)cc[n+]1C.Cl.[Cl-]. The molecule has 1 aromatic rings. The lowest BCUT2D eigenvalue weighted by molar-refractivity contribution is -0.677. The van der Waals surface area contributed by atoms with E-state index in [0.29, 0.717) is 0 Å². The molecule has 2 N–H and O–H groups in total. The lowest BCUT2D eigenvalue weighted by atomic mass is 10.4. The van der Waals surface area contributed by atoms with E-state index >= 15 is 0 Å². The molecule has 0 bridgehead atoms. The van der Waals surface area contributed by atoms with E-state index in [1.807, 2.05) is 7.05 Å². The van der Waals surface area contributed by atoms with Crippen LogP contribution in [0.15, 0.2) is 12.4 Å². The summed E-state index contributed by atoms with van der Waals surface area (Å²) in [7, 11) is 2.05. The van der Waals surface area contributed by atoms with Crippen molar-refractivity contribution in [1.29, 1.82) is 0 Å². The summed E-state index contributed by atoms with van der Waals surface area (Å²) in [6.45, 7) is 3.90. The zero-order valence-corrected chi connectivity index (χ0v) is 9.61. The van der Waals surface area contributed by atoms with Crippen LogP contribution in [-0.4, -0.2) is 11.1 Å². The predicted octanol–water partition coefficient (Wildman–Crippen LogP) is -2.60. The fourth-order valence-electron chi connectivity index (χ4n) is 1.10. The van der Waals surface area contributed by atoms with Gasteiger partial charge in [0.05, 0.1) is 13.6 Å². The third-order valence-corrected chi connectivity index (χ3v) is 2.00. The highest BCUT2D eigenvalue weighted by Gasteiger charge is 2.06. The summed E-state index contributed by atoms with van der Waals surface area (Å²) >= 11 is 0. The standard InChI is InChI=1S/C8H16N3.2ClH/c1-8-10(2)6-7-11(8)5-3-4-9;;/h6-7H,3-5,9H2,1-2H3;2*1H/q+1;;/p-1. The molecule has 0 saturated carbocycles. The number of aryl methyl sites for hydroxylation is 2. The maximum absolute atomic E-state index is 5.41. The van der Waals surface area contributed by atoms with Crippen LogP contribution in [0.3, 0.4) is 0 Å². The fraction of sp³-hybridized carbons (Fsp3) is 0.625. The molecule has 0 amide bonds. The average molecular weight is 226 g/mol. The minimum absolute atomic E-state index is 0. The number of imidazole rings is 1. The Bertz CT molecular complexity index is 235. The van der Waals surface area contributed by atoms with Crippen LogP contribution >= 0.6 is 12.4 Å². The van der Waals surface area contributed by atoms with Crippen molar-refractivity contribution in [3.05, 3.63) is 18.2 Å². The van der Waals surface area contributed by atoms with E-state index < -0.39 is 0 Å². The molecule has 1 rings (SSSR count). The second-order valence-electron chi connectivity index (χ2n) is 2.79. The topological polar surface area (TPSA) is 34.8 Å². The molecule has 0 aromatic carbocycles. The number of hydrogen-bond donors (Lipinski definition) is 1. The normalized spacial score (nSPS) is 8.85. The van der Waals surface area contributed by atoms with Crippen molar-refractivity contribution in [2.24, 2.45) is 12.8 Å². The molecule has 78 valence electrons. The average Bonchev–Trinajstić information content (AvgIpc) is 2.31. The summed E-state index contributed by atoms with van der Waals surface area (Å²) in [5.74, 6) is 1.28. The van der Waals surface area contributed by atoms with Gasteiger partial charge in [0.2, 0.25) is 0 Å². The van der Waals surface area contributed by atoms with Crippen molar-refractivity contribution in [3.63, 3.8) is 0 Å². The van der Waals surface area contributed by atoms with E-state index in [1.54, 1.807) is 0 Å². The molecule has 0 aliphatic heterocycles. The first-order valence-corrected chi connectivity index (χ1v) is 3.97. The first-order chi connectivity index (χ1) is 5.25. The Morgan fingerprint density at radius 1 is 1.54 bits per heavy atom. The van der Waals surface area contributed by atoms with Gasteiger partial charge in [0.15, 0.2) is 0 Å². The first-order valence-electron chi connectivity index (χ1n) is 3.97. The van der Waals surface area contributed by atoms with Crippen LogP contribution < -0.4 is 22.7 Å². The molecule has 0 aliphatic carbocycles. The Labute approximate surface area is 91.8 Å². The van der Waals surface area contributed by atoms with Crippen molar-refractivity contribution in [1.82, 2.24) is 4.57 Å². The zero-order chi connectivity index (χ0) is 8.27. The Balaban J connectivity index is 0. The van der Waals surface area contributed by atoms with Crippen LogP contribution in [0.2, 0.25) is 0 Å². The van der Waals surface area contributed by atoms with Crippen molar-refractivity contribution < 1.29 is 17.0 Å². The van der Waals surface area contributed by atoms with Gasteiger partial charge in [-0.15, -0.1) is 12.4 Å². The Morgan fingerprint density at radius 3 is 2.54 bits per heavy atom. The van der Waals surface area contributed by atoms with Gasteiger partial charge in [-0.25, -0.2) is 9.13 Å². The molecule has 0 aliphatic rings.